The third-order valence-electron chi connectivity index (χ3n) is 8.46. The molecule has 3 heterocycles. The molecule has 2 aromatic carbocycles. The highest BCUT2D eigenvalue weighted by molar-refractivity contribution is 9.09. The molecule has 0 saturated heterocycles. The van der Waals surface area contributed by atoms with Gasteiger partial charge in [-0.05, 0) is 74.1 Å². The van der Waals surface area contributed by atoms with Crippen LogP contribution < -0.4 is 9.64 Å². The molecule has 4 aliphatic rings. The Bertz CT molecular complexity index is 1440. The number of fused-ring (bicyclic) bond motifs is 3. The van der Waals surface area contributed by atoms with Crippen molar-refractivity contribution in [2.75, 3.05) is 30.0 Å². The molecule has 2 fully saturated rings. The van der Waals surface area contributed by atoms with E-state index in [9.17, 15) is 9.59 Å². The average Bonchev–Trinajstić information content (AvgIpc) is 3.79. The number of anilines is 1. The SMILES string of the molecule is CCOC(=O)c1nn(-c2ccc3c(c2)CCO3)c2c1C1(CC1)CN(c1ccc(C3(CBr)CC3)cc1)C2=O. The first-order chi connectivity index (χ1) is 18.0. The quantitative estimate of drug-likeness (QED) is 0.309. The van der Waals surface area contributed by atoms with E-state index in [2.05, 4.69) is 40.2 Å². The number of hydrogen-bond acceptors (Lipinski definition) is 5. The molecule has 2 aliphatic carbocycles. The molecule has 0 N–H and O–H groups in total. The summed E-state index contributed by atoms with van der Waals surface area (Å²) in [7, 11) is 0. The van der Waals surface area contributed by atoms with Crippen LogP contribution >= 0.6 is 15.9 Å². The van der Waals surface area contributed by atoms with E-state index in [1.165, 1.54) is 18.4 Å². The zero-order chi connectivity index (χ0) is 25.4. The summed E-state index contributed by atoms with van der Waals surface area (Å²) in [5.41, 5.74) is 5.46. The van der Waals surface area contributed by atoms with Gasteiger partial charge in [0.05, 0.1) is 18.9 Å². The number of ether oxygens (including phenoxy) is 2. The van der Waals surface area contributed by atoms with E-state index in [0.29, 0.717) is 18.8 Å². The maximum atomic E-state index is 14.2. The van der Waals surface area contributed by atoms with Gasteiger partial charge in [-0.2, -0.15) is 5.10 Å². The van der Waals surface area contributed by atoms with Gasteiger partial charge in [-0.1, -0.05) is 28.1 Å². The van der Waals surface area contributed by atoms with Crippen molar-refractivity contribution in [2.24, 2.45) is 0 Å². The molecule has 2 aliphatic heterocycles. The number of nitrogens with zero attached hydrogens (tertiary/aromatic N) is 3. The van der Waals surface area contributed by atoms with Crippen LogP contribution in [0.15, 0.2) is 42.5 Å². The van der Waals surface area contributed by atoms with Crippen LogP contribution in [0.2, 0.25) is 0 Å². The van der Waals surface area contributed by atoms with Crippen molar-refractivity contribution in [2.45, 2.75) is 49.9 Å². The molecule has 0 radical (unpaired) electrons. The van der Waals surface area contributed by atoms with Crippen molar-refractivity contribution in [3.05, 3.63) is 70.5 Å². The summed E-state index contributed by atoms with van der Waals surface area (Å²) in [5, 5.41) is 5.69. The van der Waals surface area contributed by atoms with Crippen LogP contribution in [0.1, 0.15) is 70.3 Å². The highest BCUT2D eigenvalue weighted by atomic mass is 79.9. The second-order valence-electron chi connectivity index (χ2n) is 10.7. The van der Waals surface area contributed by atoms with Gasteiger partial charge in [-0.15, -0.1) is 0 Å². The van der Waals surface area contributed by atoms with Gasteiger partial charge in [0, 0.05) is 40.4 Å². The van der Waals surface area contributed by atoms with Crippen molar-refractivity contribution in [3.8, 4) is 11.4 Å². The van der Waals surface area contributed by atoms with Gasteiger partial charge in [0.25, 0.3) is 5.91 Å². The molecule has 3 aromatic rings. The summed E-state index contributed by atoms with van der Waals surface area (Å²) < 4.78 is 12.7. The molecule has 0 bridgehead atoms. The zero-order valence-electron chi connectivity index (χ0n) is 20.8. The molecule has 8 heteroatoms. The van der Waals surface area contributed by atoms with E-state index in [4.69, 9.17) is 14.6 Å². The Kier molecular flexibility index (Phi) is 5.09. The normalized spacial score (nSPS) is 19.8. The molecular formula is C29H28BrN3O4. The third-order valence-corrected chi connectivity index (χ3v) is 9.54. The first kappa shape index (κ1) is 23.0. The predicted octanol–water partition coefficient (Wildman–Crippen LogP) is 5.10. The monoisotopic (exact) mass is 561 g/mol. The number of aromatic nitrogens is 2. The van der Waals surface area contributed by atoms with Crippen LogP contribution in [0.5, 0.6) is 5.75 Å². The van der Waals surface area contributed by atoms with Gasteiger partial charge in [-0.3, -0.25) is 4.79 Å². The summed E-state index contributed by atoms with van der Waals surface area (Å²) in [6.45, 7) is 3.22. The minimum atomic E-state index is -0.469. The highest BCUT2D eigenvalue weighted by Crippen LogP contribution is 2.55. The Morgan fingerprint density at radius 1 is 1.11 bits per heavy atom. The predicted molar refractivity (Wildman–Crippen MR) is 142 cm³/mol. The first-order valence-electron chi connectivity index (χ1n) is 13.0. The highest BCUT2D eigenvalue weighted by Gasteiger charge is 2.56. The minimum absolute atomic E-state index is 0.137. The summed E-state index contributed by atoms with van der Waals surface area (Å²) in [6, 6.07) is 14.3. The summed E-state index contributed by atoms with van der Waals surface area (Å²) in [5.74, 6) is 0.254. The Morgan fingerprint density at radius 2 is 1.86 bits per heavy atom. The largest absolute Gasteiger partial charge is 0.493 e. The summed E-state index contributed by atoms with van der Waals surface area (Å²) in [4.78, 5) is 29.1. The fourth-order valence-electron chi connectivity index (χ4n) is 5.95. The molecule has 0 unspecified atom stereocenters. The van der Waals surface area contributed by atoms with Gasteiger partial charge in [0.1, 0.15) is 11.4 Å². The standard InChI is InChI=1S/C29H28BrN3O4/c1-2-36-27(35)24-23-25(33(31-24)21-7-8-22-18(15-21)9-14-37-22)26(34)32(17-29(23)12-13-29)20-5-3-19(4-6-20)28(16-30)10-11-28/h3-8,15H,2,9-14,16-17H2,1H3. The minimum Gasteiger partial charge on any atom is -0.493 e. The van der Waals surface area contributed by atoms with E-state index in [-0.39, 0.29) is 29.0 Å². The van der Waals surface area contributed by atoms with Crippen molar-refractivity contribution in [1.29, 1.82) is 0 Å². The van der Waals surface area contributed by atoms with E-state index in [1.807, 2.05) is 23.1 Å². The lowest BCUT2D eigenvalue weighted by atomic mass is 9.88. The number of rotatable bonds is 6. The Balaban J connectivity index is 1.35. The molecule has 1 aromatic heterocycles. The average molecular weight is 562 g/mol. The van der Waals surface area contributed by atoms with Crippen LogP contribution in [0.3, 0.4) is 0 Å². The molecule has 2 saturated carbocycles. The molecule has 190 valence electrons. The van der Waals surface area contributed by atoms with Crippen molar-refractivity contribution in [3.63, 3.8) is 0 Å². The number of alkyl halides is 1. The molecule has 7 nitrogen and oxygen atoms in total. The van der Waals surface area contributed by atoms with Crippen LogP contribution in [0.25, 0.3) is 5.69 Å². The van der Waals surface area contributed by atoms with E-state index in [1.54, 1.807) is 11.6 Å². The number of amides is 1. The molecule has 0 atom stereocenters. The van der Waals surface area contributed by atoms with Crippen molar-refractivity contribution in [1.82, 2.24) is 9.78 Å². The molecule has 1 amide bonds. The van der Waals surface area contributed by atoms with Crippen LogP contribution in [0.4, 0.5) is 5.69 Å². The maximum absolute atomic E-state index is 14.2. The maximum Gasteiger partial charge on any atom is 0.359 e. The summed E-state index contributed by atoms with van der Waals surface area (Å²) >= 11 is 3.67. The number of carbonyl (C=O) groups excluding carboxylic acids is 2. The van der Waals surface area contributed by atoms with Crippen LogP contribution in [0, 0.1) is 0 Å². The lowest BCUT2D eigenvalue weighted by Crippen LogP contribution is -2.44. The lowest BCUT2D eigenvalue weighted by molar-refractivity contribution is 0.0516. The molecule has 37 heavy (non-hydrogen) atoms. The Morgan fingerprint density at radius 3 is 2.54 bits per heavy atom. The van der Waals surface area contributed by atoms with Gasteiger partial charge in [0.2, 0.25) is 0 Å². The second kappa shape index (κ2) is 8.18. The number of esters is 1. The number of hydrogen-bond donors (Lipinski definition) is 0. The zero-order valence-corrected chi connectivity index (χ0v) is 22.3. The Labute approximate surface area is 223 Å². The molecular weight excluding hydrogens is 534 g/mol. The number of carbonyl (C=O) groups is 2. The third kappa shape index (κ3) is 3.48. The van der Waals surface area contributed by atoms with Crippen LogP contribution in [-0.4, -0.2) is 46.7 Å². The van der Waals surface area contributed by atoms with Crippen molar-refractivity contribution < 1.29 is 19.1 Å². The first-order valence-corrected chi connectivity index (χ1v) is 14.2. The van der Waals surface area contributed by atoms with Gasteiger partial charge in [0.15, 0.2) is 5.69 Å². The lowest BCUT2D eigenvalue weighted by Gasteiger charge is -2.33. The molecule has 1 spiro atoms. The van der Waals surface area contributed by atoms with E-state index >= 15 is 0 Å². The van der Waals surface area contributed by atoms with E-state index < -0.39 is 5.97 Å². The fraction of sp³-hybridized carbons (Fsp3) is 0.414. The van der Waals surface area contributed by atoms with Crippen molar-refractivity contribution >= 4 is 33.5 Å². The van der Waals surface area contributed by atoms with Crippen LogP contribution in [-0.2, 0) is 22.0 Å². The van der Waals surface area contributed by atoms with Gasteiger partial charge < -0.3 is 14.4 Å². The number of halogens is 1. The summed E-state index contributed by atoms with van der Waals surface area (Å²) in [6.07, 6.45) is 5.00. The van der Waals surface area contributed by atoms with Gasteiger partial charge >= 0.3 is 5.97 Å². The second-order valence-corrected chi connectivity index (χ2v) is 11.3. The Hall–Kier alpha value is -3.13. The molecule has 7 rings (SSSR count). The topological polar surface area (TPSA) is 73.7 Å². The van der Waals surface area contributed by atoms with E-state index in [0.717, 1.165) is 52.8 Å². The smallest absolute Gasteiger partial charge is 0.359 e. The fourth-order valence-corrected chi connectivity index (χ4v) is 6.83. The number of benzene rings is 2. The van der Waals surface area contributed by atoms with Gasteiger partial charge in [-0.25, -0.2) is 9.48 Å².